The monoisotopic (exact) mass is 524 g/mol. The summed E-state index contributed by atoms with van der Waals surface area (Å²) in [7, 11) is 0. The van der Waals surface area contributed by atoms with Crippen LogP contribution in [0, 0.1) is 0 Å². The van der Waals surface area contributed by atoms with Gasteiger partial charge in [0.05, 0.1) is 5.52 Å². The number of amides is 2. The summed E-state index contributed by atoms with van der Waals surface area (Å²) in [6.45, 7) is 2.52. The molecule has 2 amide bonds. The zero-order valence-corrected chi connectivity index (χ0v) is 21.5. The Morgan fingerprint density at radius 3 is 2.47 bits per heavy atom. The van der Waals surface area contributed by atoms with Gasteiger partial charge < -0.3 is 14.7 Å². The molecule has 2 aliphatic heterocycles. The van der Waals surface area contributed by atoms with Gasteiger partial charge in [0.1, 0.15) is 5.69 Å². The van der Waals surface area contributed by atoms with E-state index in [1.165, 1.54) is 0 Å². The molecule has 6 rings (SSSR count). The summed E-state index contributed by atoms with van der Waals surface area (Å²) in [4.78, 5) is 26.4. The van der Waals surface area contributed by atoms with Crippen LogP contribution < -0.4 is 5.32 Å². The summed E-state index contributed by atoms with van der Waals surface area (Å²) in [5, 5.41) is 8.37. The molecule has 1 aliphatic carbocycles. The number of para-hydroxylation sites is 1. The van der Waals surface area contributed by atoms with Crippen molar-refractivity contribution in [2.24, 2.45) is 0 Å². The van der Waals surface area contributed by atoms with Gasteiger partial charge in [-0.25, -0.2) is 18.6 Å². The van der Waals surface area contributed by atoms with Gasteiger partial charge in [-0.3, -0.25) is 4.90 Å². The second kappa shape index (κ2) is 10.2. The lowest BCUT2D eigenvalue weighted by Gasteiger charge is -2.45. The minimum absolute atomic E-state index is 0.0800. The number of aromatic nitrogens is 3. The van der Waals surface area contributed by atoms with Crippen LogP contribution in [-0.4, -0.2) is 75.1 Å². The number of carbonyl (C=O) groups is 1. The number of nitrogens with zero attached hydrogens (tertiary/aromatic N) is 5. The van der Waals surface area contributed by atoms with Crippen LogP contribution in [0.25, 0.3) is 22.4 Å². The molecule has 0 unspecified atom stereocenters. The Balaban J connectivity index is 1.03. The smallest absolute Gasteiger partial charge is 0.317 e. The number of fused-ring (bicyclic) bond motifs is 1. The lowest BCUT2D eigenvalue weighted by Crippen LogP contribution is -2.58. The zero-order chi connectivity index (χ0) is 26.2. The Kier molecular flexibility index (Phi) is 6.75. The number of pyridine rings is 1. The average molecular weight is 525 g/mol. The molecule has 202 valence electrons. The lowest BCUT2D eigenvalue weighted by molar-refractivity contribution is -0.0778. The summed E-state index contributed by atoms with van der Waals surface area (Å²) >= 11 is 0. The molecule has 1 aromatic carbocycles. The summed E-state index contributed by atoms with van der Waals surface area (Å²) in [6, 6.07) is 11.7. The van der Waals surface area contributed by atoms with E-state index in [0.717, 1.165) is 49.4 Å². The van der Waals surface area contributed by atoms with E-state index in [1.807, 2.05) is 41.3 Å². The highest BCUT2D eigenvalue weighted by molar-refractivity contribution is 5.80. The van der Waals surface area contributed by atoms with Crippen molar-refractivity contribution in [1.82, 2.24) is 30.2 Å². The molecule has 3 fully saturated rings. The molecule has 0 spiro atoms. The fourth-order valence-corrected chi connectivity index (χ4v) is 6.32. The van der Waals surface area contributed by atoms with E-state index in [1.54, 1.807) is 0 Å². The first kappa shape index (κ1) is 25.2. The molecule has 2 saturated heterocycles. The molecule has 1 saturated carbocycles. The molecule has 8 nitrogen and oxygen atoms in total. The van der Waals surface area contributed by atoms with E-state index in [4.69, 9.17) is 4.52 Å². The van der Waals surface area contributed by atoms with E-state index >= 15 is 0 Å². The predicted octanol–water partition coefficient (Wildman–Crippen LogP) is 5.22. The van der Waals surface area contributed by atoms with Crippen molar-refractivity contribution in [3.63, 3.8) is 0 Å². The van der Waals surface area contributed by atoms with Gasteiger partial charge in [0.2, 0.25) is 11.7 Å². The molecule has 38 heavy (non-hydrogen) atoms. The second-order valence-corrected chi connectivity index (χ2v) is 11.0. The van der Waals surface area contributed by atoms with Crippen molar-refractivity contribution >= 4 is 16.9 Å². The average Bonchev–Trinajstić information content (AvgIpc) is 3.63. The SMILES string of the molecule is O=C(NCC1(N2CCC(F)(F)CC2)CCCC1)N1CCC(c2nc(-c3ccc4ccccc4n3)no2)CC1. The number of rotatable bonds is 5. The highest BCUT2D eigenvalue weighted by Crippen LogP contribution is 2.39. The Labute approximate surface area is 220 Å². The molecule has 1 N–H and O–H groups in total. The number of hydrogen-bond acceptors (Lipinski definition) is 6. The van der Waals surface area contributed by atoms with Crippen molar-refractivity contribution in [2.75, 3.05) is 32.7 Å². The predicted molar refractivity (Wildman–Crippen MR) is 139 cm³/mol. The number of piperidine rings is 2. The van der Waals surface area contributed by atoms with Gasteiger partial charge in [0.25, 0.3) is 5.92 Å². The van der Waals surface area contributed by atoms with Crippen LogP contribution >= 0.6 is 0 Å². The third kappa shape index (κ3) is 5.10. The number of hydrogen-bond donors (Lipinski definition) is 1. The standard InChI is InChI=1S/C28H34F2N6O2/c29-28(30)13-17-36(18-14-28)27(11-3-4-12-27)19-31-26(37)35-15-9-21(10-16-35)25-33-24(34-38-25)23-8-7-20-5-1-2-6-22(20)32-23/h1-2,5-8,21H,3-4,9-19H2,(H,31,37). The second-order valence-electron chi connectivity index (χ2n) is 11.0. The number of benzene rings is 1. The quantitative estimate of drug-likeness (QED) is 0.493. The van der Waals surface area contributed by atoms with Crippen LogP contribution in [0.5, 0.6) is 0 Å². The molecule has 2 aromatic heterocycles. The van der Waals surface area contributed by atoms with Crippen molar-refractivity contribution < 1.29 is 18.1 Å². The van der Waals surface area contributed by atoms with E-state index in [9.17, 15) is 13.6 Å². The summed E-state index contributed by atoms with van der Waals surface area (Å²) < 4.78 is 33.0. The summed E-state index contributed by atoms with van der Waals surface area (Å²) in [5.74, 6) is -1.41. The van der Waals surface area contributed by atoms with Crippen molar-refractivity contribution in [1.29, 1.82) is 0 Å². The molecule has 0 bridgehead atoms. The Morgan fingerprint density at radius 2 is 1.71 bits per heavy atom. The Hall–Kier alpha value is -3.14. The zero-order valence-electron chi connectivity index (χ0n) is 21.5. The topological polar surface area (TPSA) is 87.4 Å². The molecular formula is C28H34F2N6O2. The number of likely N-dealkylation sites (tertiary alicyclic amines) is 2. The highest BCUT2D eigenvalue weighted by atomic mass is 19.3. The highest BCUT2D eigenvalue weighted by Gasteiger charge is 2.45. The van der Waals surface area contributed by atoms with E-state index < -0.39 is 5.92 Å². The van der Waals surface area contributed by atoms with Gasteiger partial charge in [0, 0.05) is 62.4 Å². The largest absolute Gasteiger partial charge is 0.339 e. The van der Waals surface area contributed by atoms with Crippen LogP contribution in [-0.2, 0) is 0 Å². The minimum atomic E-state index is -2.56. The van der Waals surface area contributed by atoms with Gasteiger partial charge in [-0.2, -0.15) is 4.98 Å². The van der Waals surface area contributed by atoms with E-state index in [-0.39, 0.29) is 30.3 Å². The normalized spacial score (nSPS) is 22.1. The number of alkyl halides is 2. The first-order valence-electron chi connectivity index (χ1n) is 13.8. The first-order valence-corrected chi connectivity index (χ1v) is 13.8. The Bertz CT molecular complexity index is 1270. The number of carbonyl (C=O) groups excluding carboxylic acids is 1. The first-order chi connectivity index (χ1) is 18.4. The third-order valence-electron chi connectivity index (χ3n) is 8.67. The molecular weight excluding hydrogens is 490 g/mol. The molecule has 4 heterocycles. The van der Waals surface area contributed by atoms with Crippen LogP contribution in [0.2, 0.25) is 0 Å². The summed E-state index contributed by atoms with van der Waals surface area (Å²) in [5.41, 5.74) is 1.36. The molecule has 10 heteroatoms. The van der Waals surface area contributed by atoms with Crippen molar-refractivity contribution in [2.45, 2.75) is 68.7 Å². The Morgan fingerprint density at radius 1 is 0.974 bits per heavy atom. The van der Waals surface area contributed by atoms with Crippen molar-refractivity contribution in [3.05, 3.63) is 42.3 Å². The number of nitrogens with one attached hydrogen (secondary N) is 1. The maximum absolute atomic E-state index is 13.7. The number of urea groups is 1. The summed E-state index contributed by atoms with van der Waals surface area (Å²) in [6.07, 6.45) is 5.36. The van der Waals surface area contributed by atoms with Gasteiger partial charge in [0.15, 0.2) is 0 Å². The maximum Gasteiger partial charge on any atom is 0.317 e. The third-order valence-corrected chi connectivity index (χ3v) is 8.67. The number of halogens is 2. The van der Waals surface area contributed by atoms with E-state index in [0.29, 0.717) is 50.1 Å². The van der Waals surface area contributed by atoms with Crippen LogP contribution in [0.1, 0.15) is 63.2 Å². The fourth-order valence-electron chi connectivity index (χ4n) is 6.32. The van der Waals surface area contributed by atoms with Gasteiger partial charge in [-0.05, 0) is 37.8 Å². The fraction of sp³-hybridized carbons (Fsp3) is 0.571. The molecule has 3 aliphatic rings. The van der Waals surface area contributed by atoms with Crippen LogP contribution in [0.4, 0.5) is 13.6 Å². The molecule has 0 radical (unpaired) electrons. The molecule has 3 aromatic rings. The maximum atomic E-state index is 13.7. The van der Waals surface area contributed by atoms with Crippen LogP contribution in [0.15, 0.2) is 40.9 Å². The molecule has 0 atom stereocenters. The van der Waals surface area contributed by atoms with Gasteiger partial charge in [-0.15, -0.1) is 0 Å². The van der Waals surface area contributed by atoms with Crippen LogP contribution in [0.3, 0.4) is 0 Å². The van der Waals surface area contributed by atoms with Gasteiger partial charge >= 0.3 is 6.03 Å². The van der Waals surface area contributed by atoms with E-state index in [2.05, 4.69) is 25.3 Å². The van der Waals surface area contributed by atoms with Gasteiger partial charge in [-0.1, -0.05) is 42.3 Å². The van der Waals surface area contributed by atoms with Crippen molar-refractivity contribution in [3.8, 4) is 11.5 Å². The minimum Gasteiger partial charge on any atom is -0.339 e. The lowest BCUT2D eigenvalue weighted by atomic mass is 9.91.